The number of hydrogen-bond acceptors (Lipinski definition) is 4. The number of benzene rings is 1. The van der Waals surface area contributed by atoms with Crippen LogP contribution < -0.4 is 0 Å². The Balaban J connectivity index is 2.12. The molecule has 8 heteroatoms. The highest BCUT2D eigenvalue weighted by Crippen LogP contribution is 2.28. The van der Waals surface area contributed by atoms with Gasteiger partial charge in [-0.15, -0.1) is 0 Å². The van der Waals surface area contributed by atoms with E-state index in [1.54, 1.807) is 50.6 Å². The summed E-state index contributed by atoms with van der Waals surface area (Å²) < 4.78 is 6.54. The molecule has 150 valence electrons. The zero-order chi connectivity index (χ0) is 21.1. The van der Waals surface area contributed by atoms with Gasteiger partial charge in [0.05, 0.1) is 12.2 Å². The first kappa shape index (κ1) is 22.5. The van der Waals surface area contributed by atoms with Crippen molar-refractivity contribution in [3.63, 3.8) is 0 Å². The van der Waals surface area contributed by atoms with Crippen molar-refractivity contribution in [2.24, 2.45) is 5.41 Å². The van der Waals surface area contributed by atoms with Crippen molar-refractivity contribution >= 4 is 52.6 Å². The normalized spacial score (nSPS) is 11.8. The van der Waals surface area contributed by atoms with Gasteiger partial charge in [-0.25, -0.2) is 9.48 Å². The summed E-state index contributed by atoms with van der Waals surface area (Å²) in [6.45, 7) is 7.08. The van der Waals surface area contributed by atoms with Crippen LogP contribution in [0.3, 0.4) is 0 Å². The van der Waals surface area contributed by atoms with E-state index in [0.29, 0.717) is 32.0 Å². The number of halogens is 3. The van der Waals surface area contributed by atoms with E-state index in [2.05, 4.69) is 5.10 Å². The van der Waals surface area contributed by atoms with Gasteiger partial charge in [-0.1, -0.05) is 61.6 Å². The summed E-state index contributed by atoms with van der Waals surface area (Å²) in [5, 5.41) is 5.75. The Morgan fingerprint density at radius 3 is 2.36 bits per heavy atom. The Morgan fingerprint density at radius 2 is 1.79 bits per heavy atom. The van der Waals surface area contributed by atoms with Gasteiger partial charge in [0, 0.05) is 32.7 Å². The molecule has 0 spiro atoms. The molecule has 0 amide bonds. The first-order chi connectivity index (χ1) is 13.0. The summed E-state index contributed by atoms with van der Waals surface area (Å²) in [4.78, 5) is 23.7. The molecule has 2 rings (SSSR count). The third kappa shape index (κ3) is 5.60. The minimum Gasteiger partial charge on any atom is -0.455 e. The number of esters is 1. The van der Waals surface area contributed by atoms with Crippen LogP contribution in [-0.2, 0) is 20.9 Å². The van der Waals surface area contributed by atoms with Crippen LogP contribution in [0.4, 0.5) is 0 Å². The molecule has 1 aromatic heterocycles. The Labute approximate surface area is 179 Å². The number of aromatic nitrogens is 2. The lowest BCUT2D eigenvalue weighted by molar-refractivity contribution is -0.145. The molecule has 0 saturated heterocycles. The lowest BCUT2D eigenvalue weighted by Crippen LogP contribution is -2.25. The lowest BCUT2D eigenvalue weighted by atomic mass is 9.91. The van der Waals surface area contributed by atoms with E-state index in [-0.39, 0.29) is 18.9 Å². The summed E-state index contributed by atoms with van der Waals surface area (Å²) in [6.07, 6.45) is 2.73. The van der Waals surface area contributed by atoms with Crippen LogP contribution in [0.5, 0.6) is 0 Å². The van der Waals surface area contributed by atoms with E-state index < -0.39 is 11.4 Å². The molecule has 1 heterocycles. The minimum atomic E-state index is -0.630. The van der Waals surface area contributed by atoms with Crippen LogP contribution in [0.25, 0.3) is 6.08 Å². The van der Waals surface area contributed by atoms with Gasteiger partial charge in [-0.05, 0) is 25.1 Å². The van der Waals surface area contributed by atoms with E-state index in [0.717, 1.165) is 0 Å². The molecule has 0 saturated carbocycles. The number of hydrogen-bond donors (Lipinski definition) is 0. The van der Waals surface area contributed by atoms with Crippen molar-refractivity contribution in [3.05, 3.63) is 56.3 Å². The van der Waals surface area contributed by atoms with Crippen molar-refractivity contribution < 1.29 is 14.3 Å². The summed E-state index contributed by atoms with van der Waals surface area (Å²) in [5.41, 5.74) is 1.34. The van der Waals surface area contributed by atoms with Gasteiger partial charge in [-0.2, -0.15) is 5.10 Å². The monoisotopic (exact) mass is 442 g/mol. The average Bonchev–Trinajstić information content (AvgIpc) is 2.86. The molecule has 0 radical (unpaired) electrons. The van der Waals surface area contributed by atoms with E-state index >= 15 is 0 Å². The fourth-order valence-corrected chi connectivity index (χ4v) is 3.06. The molecule has 0 aliphatic rings. The zero-order valence-corrected chi connectivity index (χ0v) is 18.3. The molecule has 0 N–H and O–H groups in total. The molecule has 1 aromatic carbocycles. The van der Waals surface area contributed by atoms with E-state index in [1.807, 2.05) is 0 Å². The highest BCUT2D eigenvalue weighted by atomic mass is 35.5. The predicted molar refractivity (Wildman–Crippen MR) is 112 cm³/mol. The van der Waals surface area contributed by atoms with Crippen LogP contribution in [0.15, 0.2) is 24.3 Å². The second-order valence-electron chi connectivity index (χ2n) is 7.26. The van der Waals surface area contributed by atoms with Crippen molar-refractivity contribution in [1.82, 2.24) is 9.78 Å². The smallest absolute Gasteiger partial charge is 0.331 e. The van der Waals surface area contributed by atoms with Gasteiger partial charge in [0.2, 0.25) is 0 Å². The number of rotatable bonds is 6. The van der Waals surface area contributed by atoms with E-state index in [1.165, 1.54) is 12.2 Å². The minimum absolute atomic E-state index is 0.159. The second kappa shape index (κ2) is 9.12. The maximum Gasteiger partial charge on any atom is 0.331 e. The van der Waals surface area contributed by atoms with Crippen LogP contribution >= 0.6 is 34.8 Å². The third-order valence-electron chi connectivity index (χ3n) is 4.05. The Kier molecular flexibility index (Phi) is 7.32. The molecule has 0 bridgehead atoms. The highest BCUT2D eigenvalue weighted by molar-refractivity contribution is 6.36. The first-order valence-corrected chi connectivity index (χ1v) is 9.68. The fraction of sp³-hybridized carbons (Fsp3) is 0.350. The van der Waals surface area contributed by atoms with Crippen molar-refractivity contribution in [3.8, 4) is 0 Å². The Morgan fingerprint density at radius 1 is 1.18 bits per heavy atom. The number of Topliss-reactive ketones (excluding diaryl/α,β-unsaturated/α-hetero) is 1. The summed E-state index contributed by atoms with van der Waals surface area (Å²) >= 11 is 18.8. The lowest BCUT2D eigenvalue weighted by Gasteiger charge is -2.15. The summed E-state index contributed by atoms with van der Waals surface area (Å²) in [6, 6.07) is 5.24. The average molecular weight is 444 g/mol. The second-order valence-corrected chi connectivity index (χ2v) is 8.43. The third-order valence-corrected chi connectivity index (χ3v) is 5.15. The molecule has 0 unspecified atom stereocenters. The maximum absolute atomic E-state index is 11.9. The predicted octanol–water partition coefficient (Wildman–Crippen LogP) is 5.37. The molecular weight excluding hydrogens is 423 g/mol. The van der Waals surface area contributed by atoms with Gasteiger partial charge >= 0.3 is 5.97 Å². The number of carbonyl (C=O) groups is 2. The van der Waals surface area contributed by atoms with Crippen LogP contribution in [-0.4, -0.2) is 28.1 Å². The fourth-order valence-electron chi connectivity index (χ4n) is 2.25. The zero-order valence-electron chi connectivity index (χ0n) is 16.1. The molecule has 2 aromatic rings. The quantitative estimate of drug-likeness (QED) is 0.445. The van der Waals surface area contributed by atoms with Gasteiger partial charge in [0.15, 0.2) is 12.4 Å². The van der Waals surface area contributed by atoms with Gasteiger partial charge in [-0.3, -0.25) is 4.79 Å². The van der Waals surface area contributed by atoms with E-state index in [9.17, 15) is 9.59 Å². The van der Waals surface area contributed by atoms with Crippen LogP contribution in [0.1, 0.15) is 37.6 Å². The summed E-state index contributed by atoms with van der Waals surface area (Å²) in [5.74, 6) is -0.789. The maximum atomic E-state index is 11.9. The molecule has 5 nitrogen and oxygen atoms in total. The van der Waals surface area contributed by atoms with Gasteiger partial charge in [0.25, 0.3) is 0 Å². The van der Waals surface area contributed by atoms with Crippen molar-refractivity contribution in [2.45, 2.75) is 34.2 Å². The Bertz CT molecular complexity index is 907. The topological polar surface area (TPSA) is 61.2 Å². The molecule has 0 atom stereocenters. The SMILES string of the molecule is Cc1nn(Cc2c(Cl)cccc2Cl)c(Cl)c1C=CC(=O)OCC(=O)C(C)(C)C. The van der Waals surface area contributed by atoms with Crippen LogP contribution in [0.2, 0.25) is 15.2 Å². The first-order valence-electron chi connectivity index (χ1n) is 8.54. The molecule has 28 heavy (non-hydrogen) atoms. The molecule has 0 fully saturated rings. The number of aryl methyl sites for hydroxylation is 1. The molecule has 0 aliphatic carbocycles. The number of ketones is 1. The largest absolute Gasteiger partial charge is 0.455 e. The summed E-state index contributed by atoms with van der Waals surface area (Å²) in [7, 11) is 0. The molecule has 0 aliphatic heterocycles. The molecular formula is C20H21Cl3N2O3. The van der Waals surface area contributed by atoms with Gasteiger partial charge in [0.1, 0.15) is 5.15 Å². The number of ether oxygens (including phenoxy) is 1. The standard InChI is InChI=1S/C20H21Cl3N2O3/c1-12-13(8-9-18(27)28-11-17(26)20(2,3)4)19(23)25(24-12)10-14-15(21)6-5-7-16(14)22/h5-9H,10-11H2,1-4H3. The number of nitrogens with zero attached hydrogens (tertiary/aromatic N) is 2. The Hall–Kier alpha value is -1.82. The van der Waals surface area contributed by atoms with Crippen molar-refractivity contribution in [1.29, 1.82) is 0 Å². The van der Waals surface area contributed by atoms with Gasteiger partial charge < -0.3 is 4.74 Å². The van der Waals surface area contributed by atoms with Crippen molar-refractivity contribution in [2.75, 3.05) is 6.61 Å². The van der Waals surface area contributed by atoms with Crippen LogP contribution in [0, 0.1) is 12.3 Å². The van der Waals surface area contributed by atoms with E-state index in [4.69, 9.17) is 39.5 Å². The highest BCUT2D eigenvalue weighted by Gasteiger charge is 2.22. The number of carbonyl (C=O) groups excluding carboxylic acids is 2.